The molecule has 1 aliphatic carbocycles. The molecule has 0 saturated heterocycles. The van der Waals surface area contributed by atoms with Crippen LogP contribution in [0.4, 0.5) is 4.39 Å². The Kier molecular flexibility index (Phi) is 2.29. The van der Waals surface area contributed by atoms with E-state index in [0.717, 1.165) is 6.42 Å². The highest BCUT2D eigenvalue weighted by Crippen LogP contribution is 2.30. The Morgan fingerprint density at radius 1 is 1.30 bits per heavy atom. The molecule has 60 valence electrons. The molecule has 10 heavy (non-hydrogen) atoms. The fourth-order valence-electron chi connectivity index (χ4n) is 1.56. The Balaban J connectivity index is 2.49. The van der Waals surface area contributed by atoms with Crippen LogP contribution in [0.2, 0.25) is 0 Å². The third-order valence-electron chi connectivity index (χ3n) is 2.45. The van der Waals surface area contributed by atoms with Crippen molar-refractivity contribution in [3.8, 4) is 0 Å². The van der Waals surface area contributed by atoms with Crippen LogP contribution in [0.5, 0.6) is 0 Å². The zero-order chi connectivity index (χ0) is 7.72. The molecule has 4 unspecified atom stereocenters. The second kappa shape index (κ2) is 2.87. The van der Waals surface area contributed by atoms with Crippen molar-refractivity contribution in [2.75, 3.05) is 0 Å². The monoisotopic (exact) mass is 146 g/mol. The summed E-state index contributed by atoms with van der Waals surface area (Å²) in [4.78, 5) is 0. The molecule has 1 nitrogen and oxygen atoms in total. The van der Waals surface area contributed by atoms with Crippen LogP contribution >= 0.6 is 0 Å². The van der Waals surface area contributed by atoms with Gasteiger partial charge < -0.3 is 5.11 Å². The van der Waals surface area contributed by atoms with Crippen molar-refractivity contribution in [2.45, 2.75) is 39.0 Å². The first-order valence-electron chi connectivity index (χ1n) is 3.93. The molecule has 0 bridgehead atoms. The average Bonchev–Trinajstić information content (AvgIpc) is 1.82. The van der Waals surface area contributed by atoms with Crippen LogP contribution in [0.1, 0.15) is 26.7 Å². The van der Waals surface area contributed by atoms with Gasteiger partial charge in [0.15, 0.2) is 0 Å². The summed E-state index contributed by atoms with van der Waals surface area (Å²) in [6.45, 7) is 3.77. The van der Waals surface area contributed by atoms with E-state index in [9.17, 15) is 9.50 Å². The predicted octanol–water partition coefficient (Wildman–Crippen LogP) is 1.75. The topological polar surface area (TPSA) is 20.2 Å². The van der Waals surface area contributed by atoms with Crippen molar-refractivity contribution >= 4 is 0 Å². The number of alkyl halides is 1. The number of aliphatic hydroxyl groups excluding tert-OH is 1. The highest BCUT2D eigenvalue weighted by molar-refractivity contribution is 4.81. The molecule has 0 radical (unpaired) electrons. The van der Waals surface area contributed by atoms with E-state index in [0.29, 0.717) is 12.3 Å². The Hall–Kier alpha value is -0.110. The van der Waals surface area contributed by atoms with Crippen molar-refractivity contribution in [1.29, 1.82) is 0 Å². The molecule has 1 rings (SSSR count). The normalized spacial score (nSPS) is 49.2. The molecule has 0 aromatic carbocycles. The van der Waals surface area contributed by atoms with Crippen molar-refractivity contribution in [2.24, 2.45) is 11.8 Å². The third kappa shape index (κ3) is 1.48. The Morgan fingerprint density at radius 2 is 1.90 bits per heavy atom. The Labute approximate surface area is 61.2 Å². The first kappa shape index (κ1) is 7.99. The number of aliphatic hydroxyl groups is 1. The lowest BCUT2D eigenvalue weighted by Crippen LogP contribution is -2.34. The Morgan fingerprint density at radius 3 is 2.40 bits per heavy atom. The van der Waals surface area contributed by atoms with Gasteiger partial charge in [-0.25, -0.2) is 4.39 Å². The molecule has 2 heteroatoms. The lowest BCUT2D eigenvalue weighted by molar-refractivity contribution is 0.00483. The first-order chi connectivity index (χ1) is 4.61. The summed E-state index contributed by atoms with van der Waals surface area (Å²) in [6, 6.07) is 0. The van der Waals surface area contributed by atoms with Gasteiger partial charge in [-0.05, 0) is 18.8 Å². The average molecular weight is 146 g/mol. The van der Waals surface area contributed by atoms with E-state index < -0.39 is 12.3 Å². The van der Waals surface area contributed by atoms with Gasteiger partial charge in [-0.3, -0.25) is 0 Å². The summed E-state index contributed by atoms with van der Waals surface area (Å²) in [7, 11) is 0. The maximum atomic E-state index is 12.9. The molecular weight excluding hydrogens is 131 g/mol. The fourth-order valence-corrected chi connectivity index (χ4v) is 1.56. The van der Waals surface area contributed by atoms with Crippen LogP contribution < -0.4 is 0 Å². The van der Waals surface area contributed by atoms with E-state index in [-0.39, 0.29) is 5.92 Å². The molecule has 0 aliphatic heterocycles. The minimum absolute atomic E-state index is 0.156. The highest BCUT2D eigenvalue weighted by atomic mass is 19.1. The van der Waals surface area contributed by atoms with Crippen LogP contribution in [0.25, 0.3) is 0 Å². The smallest absolute Gasteiger partial charge is 0.105 e. The van der Waals surface area contributed by atoms with Gasteiger partial charge in [-0.15, -0.1) is 0 Å². The molecule has 1 aliphatic rings. The van der Waals surface area contributed by atoms with Gasteiger partial charge in [0.1, 0.15) is 6.17 Å². The summed E-state index contributed by atoms with van der Waals surface area (Å²) >= 11 is 0. The first-order valence-corrected chi connectivity index (χ1v) is 3.93. The van der Waals surface area contributed by atoms with Gasteiger partial charge in [0.25, 0.3) is 0 Å². The number of hydrogen-bond acceptors (Lipinski definition) is 1. The zero-order valence-corrected chi connectivity index (χ0v) is 6.55. The van der Waals surface area contributed by atoms with Gasteiger partial charge in [0.2, 0.25) is 0 Å². The summed E-state index contributed by atoms with van der Waals surface area (Å²) in [5.74, 6) is 0.192. The molecule has 1 fully saturated rings. The second-order valence-corrected chi connectivity index (χ2v) is 3.52. The molecule has 0 aromatic heterocycles. The van der Waals surface area contributed by atoms with Gasteiger partial charge in [-0.1, -0.05) is 13.8 Å². The van der Waals surface area contributed by atoms with Crippen LogP contribution in [-0.2, 0) is 0 Å². The maximum Gasteiger partial charge on any atom is 0.105 e. The van der Waals surface area contributed by atoms with Crippen LogP contribution in [0, 0.1) is 11.8 Å². The van der Waals surface area contributed by atoms with Crippen LogP contribution in [0.15, 0.2) is 0 Å². The SMILES string of the molecule is CC1CC(O)C(C)C(F)C1. The van der Waals surface area contributed by atoms with E-state index in [4.69, 9.17) is 0 Å². The quantitative estimate of drug-likeness (QED) is 0.552. The number of hydrogen-bond donors (Lipinski definition) is 1. The second-order valence-electron chi connectivity index (χ2n) is 3.52. The van der Waals surface area contributed by atoms with Crippen molar-refractivity contribution in [3.63, 3.8) is 0 Å². The minimum Gasteiger partial charge on any atom is -0.393 e. The third-order valence-corrected chi connectivity index (χ3v) is 2.45. The molecule has 0 amide bonds. The van der Waals surface area contributed by atoms with Crippen LogP contribution in [-0.4, -0.2) is 17.4 Å². The lowest BCUT2D eigenvalue weighted by Gasteiger charge is -2.31. The van der Waals surface area contributed by atoms with Gasteiger partial charge in [0, 0.05) is 5.92 Å². The van der Waals surface area contributed by atoms with Crippen molar-refractivity contribution in [1.82, 2.24) is 0 Å². The van der Waals surface area contributed by atoms with E-state index in [1.165, 1.54) is 0 Å². The van der Waals surface area contributed by atoms with E-state index in [1.54, 1.807) is 6.92 Å². The van der Waals surface area contributed by atoms with E-state index >= 15 is 0 Å². The summed E-state index contributed by atoms with van der Waals surface area (Å²) in [5.41, 5.74) is 0. The molecule has 4 atom stereocenters. The summed E-state index contributed by atoms with van der Waals surface area (Å²) < 4.78 is 12.9. The fraction of sp³-hybridized carbons (Fsp3) is 1.00. The Bertz CT molecular complexity index is 104. The molecule has 0 heterocycles. The molecule has 0 spiro atoms. The zero-order valence-electron chi connectivity index (χ0n) is 6.55. The van der Waals surface area contributed by atoms with Gasteiger partial charge in [0.05, 0.1) is 6.10 Å². The van der Waals surface area contributed by atoms with E-state index in [2.05, 4.69) is 0 Å². The standard InChI is InChI=1S/C8H15FO/c1-5-3-7(9)6(2)8(10)4-5/h5-8,10H,3-4H2,1-2H3. The van der Waals surface area contributed by atoms with Gasteiger partial charge >= 0.3 is 0 Å². The largest absolute Gasteiger partial charge is 0.393 e. The summed E-state index contributed by atoms with van der Waals surface area (Å²) in [6.07, 6.45) is 0.178. The maximum absolute atomic E-state index is 12.9. The van der Waals surface area contributed by atoms with Crippen molar-refractivity contribution in [3.05, 3.63) is 0 Å². The molecule has 1 saturated carbocycles. The molecular formula is C8H15FO. The van der Waals surface area contributed by atoms with E-state index in [1.807, 2.05) is 6.92 Å². The number of halogens is 1. The lowest BCUT2D eigenvalue weighted by atomic mass is 9.80. The van der Waals surface area contributed by atoms with Gasteiger partial charge in [-0.2, -0.15) is 0 Å². The number of rotatable bonds is 0. The molecule has 1 N–H and O–H groups in total. The van der Waals surface area contributed by atoms with Crippen LogP contribution in [0.3, 0.4) is 0 Å². The minimum atomic E-state index is -0.793. The van der Waals surface area contributed by atoms with Crippen molar-refractivity contribution < 1.29 is 9.50 Å². The predicted molar refractivity (Wildman–Crippen MR) is 38.5 cm³/mol. The highest BCUT2D eigenvalue weighted by Gasteiger charge is 2.31. The summed E-state index contributed by atoms with van der Waals surface area (Å²) in [5, 5.41) is 9.28. The molecule has 0 aromatic rings.